The van der Waals surface area contributed by atoms with Crippen molar-refractivity contribution in [3.63, 3.8) is 0 Å². The Bertz CT molecular complexity index is 1230. The van der Waals surface area contributed by atoms with Crippen molar-refractivity contribution in [2.45, 2.75) is 77.5 Å². The fraction of sp³-hybridized carbons (Fsp3) is 0.615. The van der Waals surface area contributed by atoms with Gasteiger partial charge < -0.3 is 18.5 Å². The highest BCUT2D eigenvalue weighted by Crippen LogP contribution is 2.80. The van der Waals surface area contributed by atoms with Crippen molar-refractivity contribution in [1.29, 1.82) is 0 Å². The molecule has 1 aromatic carbocycles. The standard InChI is InChI=1S/C26H36O6SSi/c1-16-9-12-19(13-10-16)33(28,29)31-21-18(3)25-17(2)11-14-20(25)23(4)15-30-26(27,24(21,23)5)22(25)32-34(6,7)8/h9-10,12-14,17,22,27H,11,15H2,1-8H3. The third kappa shape index (κ3) is 2.64. The van der Waals surface area contributed by atoms with E-state index in [-0.39, 0.29) is 17.4 Å². The summed E-state index contributed by atoms with van der Waals surface area (Å²) in [7, 11) is -6.25. The van der Waals surface area contributed by atoms with Gasteiger partial charge in [-0.25, -0.2) is 0 Å². The lowest BCUT2D eigenvalue weighted by molar-refractivity contribution is -0.308. The van der Waals surface area contributed by atoms with Gasteiger partial charge in [0, 0.05) is 10.8 Å². The molecule has 0 radical (unpaired) electrons. The first-order valence-electron chi connectivity index (χ1n) is 12.0. The van der Waals surface area contributed by atoms with Crippen molar-refractivity contribution in [2.24, 2.45) is 22.2 Å². The number of aliphatic hydroxyl groups is 1. The number of rotatable bonds is 5. The van der Waals surface area contributed by atoms with Gasteiger partial charge >= 0.3 is 10.1 Å². The number of benzene rings is 1. The maximum Gasteiger partial charge on any atom is 0.338 e. The van der Waals surface area contributed by atoms with Crippen LogP contribution in [-0.2, 0) is 23.5 Å². The molecule has 4 aliphatic carbocycles. The molecule has 6 rings (SSSR count). The van der Waals surface area contributed by atoms with E-state index in [9.17, 15) is 13.5 Å². The Morgan fingerprint density at radius 3 is 2.32 bits per heavy atom. The van der Waals surface area contributed by atoms with E-state index in [0.29, 0.717) is 5.76 Å². The molecule has 0 amide bonds. The highest BCUT2D eigenvalue weighted by atomic mass is 32.2. The lowest BCUT2D eigenvalue weighted by Crippen LogP contribution is -2.74. The maximum atomic E-state index is 13.5. The molecule has 6 nitrogen and oxygen atoms in total. The minimum absolute atomic E-state index is 0.0940. The molecule has 0 aromatic heterocycles. The van der Waals surface area contributed by atoms with Gasteiger partial charge in [0.15, 0.2) is 8.32 Å². The summed E-state index contributed by atoms with van der Waals surface area (Å²) in [5.74, 6) is -1.31. The van der Waals surface area contributed by atoms with Crippen LogP contribution in [0.25, 0.3) is 0 Å². The molecule has 4 bridgehead atoms. The quantitative estimate of drug-likeness (QED) is 0.349. The smallest absolute Gasteiger partial charge is 0.338 e. The second-order valence-electron chi connectivity index (χ2n) is 12.0. The minimum Gasteiger partial charge on any atom is -0.408 e. The van der Waals surface area contributed by atoms with Crippen molar-refractivity contribution < 1.29 is 26.9 Å². The van der Waals surface area contributed by atoms with Gasteiger partial charge in [0.2, 0.25) is 5.79 Å². The molecular weight excluding hydrogens is 468 g/mol. The average molecular weight is 505 g/mol. The second kappa shape index (κ2) is 6.85. The molecule has 1 saturated heterocycles. The normalized spacial score (nSPS) is 41.0. The van der Waals surface area contributed by atoms with Crippen molar-refractivity contribution in [2.75, 3.05) is 6.61 Å². The molecule has 1 aliphatic heterocycles. The van der Waals surface area contributed by atoms with Gasteiger partial charge in [-0.2, -0.15) is 8.42 Å². The molecule has 6 atom stereocenters. The van der Waals surface area contributed by atoms with Gasteiger partial charge in [-0.1, -0.05) is 43.2 Å². The van der Waals surface area contributed by atoms with Gasteiger partial charge in [0.1, 0.15) is 16.8 Å². The Morgan fingerprint density at radius 1 is 1.12 bits per heavy atom. The summed E-state index contributed by atoms with van der Waals surface area (Å²) in [5.41, 5.74) is 0.547. The molecular formula is C26H36O6SSi. The zero-order valence-corrected chi connectivity index (χ0v) is 23.2. The summed E-state index contributed by atoms with van der Waals surface area (Å²) in [5, 5.41) is 12.3. The molecule has 6 unspecified atom stereocenters. The lowest BCUT2D eigenvalue weighted by atomic mass is 9.39. The summed E-state index contributed by atoms with van der Waals surface area (Å²) < 4.78 is 46.0. The second-order valence-corrected chi connectivity index (χ2v) is 18.0. The molecule has 1 N–H and O–H groups in total. The van der Waals surface area contributed by atoms with Crippen LogP contribution in [0.15, 0.2) is 52.1 Å². The monoisotopic (exact) mass is 504 g/mol. The first-order chi connectivity index (χ1) is 15.6. The summed E-state index contributed by atoms with van der Waals surface area (Å²) in [6.07, 6.45) is 2.47. The number of hydrogen-bond donors (Lipinski definition) is 1. The van der Waals surface area contributed by atoms with Crippen LogP contribution in [0.3, 0.4) is 0 Å². The third-order valence-electron chi connectivity index (χ3n) is 9.05. The van der Waals surface area contributed by atoms with Crippen LogP contribution in [0.4, 0.5) is 0 Å². The van der Waals surface area contributed by atoms with Crippen LogP contribution < -0.4 is 0 Å². The van der Waals surface area contributed by atoms with Crippen molar-refractivity contribution >= 4 is 18.4 Å². The molecule has 5 aliphatic rings. The third-order valence-corrected chi connectivity index (χ3v) is 11.2. The van der Waals surface area contributed by atoms with E-state index in [2.05, 4.69) is 39.6 Å². The van der Waals surface area contributed by atoms with Gasteiger partial charge in [-0.3, -0.25) is 0 Å². The molecule has 1 saturated carbocycles. The number of ether oxygens (including phenoxy) is 1. The molecule has 2 fully saturated rings. The Balaban J connectivity index is 1.77. The Kier molecular flexibility index (Phi) is 4.89. The zero-order valence-electron chi connectivity index (χ0n) is 21.4. The molecule has 1 heterocycles. The summed E-state index contributed by atoms with van der Waals surface area (Å²) in [6.45, 7) is 16.6. The minimum atomic E-state index is -4.12. The van der Waals surface area contributed by atoms with Gasteiger partial charge in [-0.15, -0.1) is 0 Å². The summed E-state index contributed by atoms with van der Waals surface area (Å²) in [4.78, 5) is 0.0940. The van der Waals surface area contributed by atoms with Crippen LogP contribution in [0.5, 0.6) is 0 Å². The Labute approximate surface area is 204 Å². The number of hydrogen-bond acceptors (Lipinski definition) is 6. The fourth-order valence-electron chi connectivity index (χ4n) is 7.21. The zero-order chi connectivity index (χ0) is 25.1. The lowest BCUT2D eigenvalue weighted by Gasteiger charge is -2.67. The first kappa shape index (κ1) is 24.3. The van der Waals surface area contributed by atoms with Gasteiger partial charge in [0.05, 0.1) is 12.0 Å². The Hall–Kier alpha value is -1.45. The van der Waals surface area contributed by atoms with E-state index < -0.39 is 46.6 Å². The van der Waals surface area contributed by atoms with Crippen LogP contribution in [-0.4, -0.2) is 40.3 Å². The van der Waals surface area contributed by atoms with Crippen molar-refractivity contribution in [3.8, 4) is 0 Å². The molecule has 34 heavy (non-hydrogen) atoms. The average Bonchev–Trinajstić information content (AvgIpc) is 3.16. The van der Waals surface area contributed by atoms with Crippen molar-refractivity contribution in [3.05, 3.63) is 52.8 Å². The molecule has 186 valence electrons. The summed E-state index contributed by atoms with van der Waals surface area (Å²) >= 11 is 0. The largest absolute Gasteiger partial charge is 0.408 e. The van der Waals surface area contributed by atoms with E-state index in [4.69, 9.17) is 13.3 Å². The molecule has 8 heteroatoms. The van der Waals surface area contributed by atoms with E-state index in [1.54, 1.807) is 24.3 Å². The number of aryl methyl sites for hydroxylation is 1. The number of allylic oxidation sites excluding steroid dienone is 1. The topological polar surface area (TPSA) is 82.1 Å². The fourth-order valence-corrected chi connectivity index (χ4v) is 9.34. The van der Waals surface area contributed by atoms with E-state index in [1.165, 1.54) is 5.57 Å². The highest BCUT2D eigenvalue weighted by molar-refractivity contribution is 7.86. The molecule has 1 spiro atoms. The SMILES string of the molecule is CC1=C(OS(=O)(=O)c2ccc(C)cc2)C2(C)C3(C)COC2(O)C(O[Si](C)(C)C)C12C3=CCC2C. The van der Waals surface area contributed by atoms with Crippen LogP contribution in [0.2, 0.25) is 19.6 Å². The van der Waals surface area contributed by atoms with Gasteiger partial charge in [0.25, 0.3) is 0 Å². The summed E-state index contributed by atoms with van der Waals surface area (Å²) in [6, 6.07) is 6.63. The van der Waals surface area contributed by atoms with Crippen LogP contribution in [0.1, 0.15) is 39.7 Å². The van der Waals surface area contributed by atoms with E-state index >= 15 is 0 Å². The first-order valence-corrected chi connectivity index (χ1v) is 16.9. The van der Waals surface area contributed by atoms with E-state index in [0.717, 1.165) is 17.6 Å². The van der Waals surface area contributed by atoms with E-state index in [1.807, 2.05) is 20.8 Å². The maximum absolute atomic E-state index is 13.5. The Morgan fingerprint density at radius 2 is 1.74 bits per heavy atom. The van der Waals surface area contributed by atoms with Crippen molar-refractivity contribution in [1.82, 2.24) is 0 Å². The predicted octanol–water partition coefficient (Wildman–Crippen LogP) is 4.91. The predicted molar refractivity (Wildman–Crippen MR) is 132 cm³/mol. The molecule has 1 aromatic rings. The van der Waals surface area contributed by atoms with Crippen LogP contribution in [0, 0.1) is 29.1 Å². The van der Waals surface area contributed by atoms with Crippen LogP contribution >= 0.6 is 0 Å². The van der Waals surface area contributed by atoms with Gasteiger partial charge in [-0.05, 0) is 70.5 Å². The highest BCUT2D eigenvalue weighted by Gasteiger charge is 2.85.